The fraction of sp³-hybridized carbons (Fsp3) is 0.267. The first-order valence-corrected chi connectivity index (χ1v) is 7.05. The molecule has 1 heterocycles. The van der Waals surface area contributed by atoms with Gasteiger partial charge in [-0.15, -0.1) is 0 Å². The molecule has 0 spiro atoms. The summed E-state index contributed by atoms with van der Waals surface area (Å²) in [6.45, 7) is 4.21. The number of nitrogens with zero attached hydrogens (tertiary/aromatic N) is 2. The second-order valence-corrected chi connectivity index (χ2v) is 5.24. The summed E-state index contributed by atoms with van der Waals surface area (Å²) >= 11 is 0. The van der Waals surface area contributed by atoms with E-state index < -0.39 is 17.2 Å². The van der Waals surface area contributed by atoms with Crippen molar-refractivity contribution in [1.82, 2.24) is 20.6 Å². The largest absolute Gasteiger partial charge is 0.342 e. The Bertz CT molecular complexity index is 818. The molecule has 0 radical (unpaired) electrons. The highest BCUT2D eigenvalue weighted by molar-refractivity contribution is 5.83. The van der Waals surface area contributed by atoms with Crippen LogP contribution in [0.25, 0.3) is 0 Å². The Hall–Kier alpha value is -3.03. The summed E-state index contributed by atoms with van der Waals surface area (Å²) in [5, 5.41) is 9.40. The van der Waals surface area contributed by atoms with Crippen molar-refractivity contribution in [1.29, 1.82) is 0 Å². The molecule has 120 valence electrons. The number of aromatic nitrogens is 3. The van der Waals surface area contributed by atoms with Crippen molar-refractivity contribution in [2.75, 3.05) is 0 Å². The molecule has 1 aromatic carbocycles. The van der Waals surface area contributed by atoms with Crippen LogP contribution in [0.5, 0.6) is 0 Å². The molecule has 1 aromatic heterocycles. The van der Waals surface area contributed by atoms with Crippen LogP contribution in [0, 0.1) is 0 Å². The highest BCUT2D eigenvalue weighted by atomic mass is 16.2. The predicted octanol–water partition coefficient (Wildman–Crippen LogP) is 0.274. The molecule has 0 unspecified atom stereocenters. The number of H-pyrrole nitrogens is 2. The quantitative estimate of drug-likeness (QED) is 0.542. The molecule has 2 rings (SSSR count). The van der Waals surface area contributed by atoms with Gasteiger partial charge in [-0.3, -0.25) is 14.6 Å². The molecule has 0 atom stereocenters. The molecule has 0 fully saturated rings. The number of nitrogens with one attached hydrogen (secondary N) is 3. The Morgan fingerprint density at radius 2 is 2.00 bits per heavy atom. The van der Waals surface area contributed by atoms with Gasteiger partial charge in [-0.1, -0.05) is 38.1 Å². The lowest BCUT2D eigenvalue weighted by atomic mass is 10.0. The van der Waals surface area contributed by atoms with Crippen LogP contribution >= 0.6 is 0 Å². The maximum Gasteiger partial charge on any atom is 0.342 e. The van der Waals surface area contributed by atoms with Crippen molar-refractivity contribution in [2.45, 2.75) is 26.2 Å². The van der Waals surface area contributed by atoms with E-state index in [0.29, 0.717) is 5.92 Å². The number of hydrazone groups is 1. The summed E-state index contributed by atoms with van der Waals surface area (Å²) in [4.78, 5) is 35.9. The Morgan fingerprint density at radius 3 is 2.61 bits per heavy atom. The zero-order chi connectivity index (χ0) is 16.8. The molecular weight excluding hydrogens is 298 g/mol. The van der Waals surface area contributed by atoms with Crippen LogP contribution in [-0.2, 0) is 11.2 Å². The summed E-state index contributed by atoms with van der Waals surface area (Å²) in [5.41, 5.74) is 2.86. The van der Waals surface area contributed by atoms with Crippen LogP contribution in [0.3, 0.4) is 0 Å². The Morgan fingerprint density at radius 1 is 1.30 bits per heavy atom. The normalized spacial score (nSPS) is 11.1. The Kier molecular flexibility index (Phi) is 5.19. The number of amides is 1. The number of hydrogen-bond acceptors (Lipinski definition) is 5. The molecule has 0 aliphatic rings. The van der Waals surface area contributed by atoms with Crippen molar-refractivity contribution in [3.63, 3.8) is 0 Å². The first-order valence-electron chi connectivity index (χ1n) is 7.05. The van der Waals surface area contributed by atoms with Crippen molar-refractivity contribution in [3.05, 3.63) is 61.9 Å². The highest BCUT2D eigenvalue weighted by Crippen LogP contribution is 2.13. The van der Waals surface area contributed by atoms with Crippen LogP contribution in [0.15, 0.2) is 39.0 Å². The number of rotatable bonds is 5. The standard InChI is InChI=1S/C15H17N5O3/c1-9(2)11-5-3-10(4-6-11)8-16-19-13(21)7-12-14(22)17-15(23)20-18-12/h3-6,8-9H,7H2,1-2H3,(H,19,21)(H2,17,20,22,23)/b16-8+. The van der Waals surface area contributed by atoms with E-state index in [4.69, 9.17) is 0 Å². The second kappa shape index (κ2) is 7.30. The molecule has 1 amide bonds. The number of aromatic amines is 2. The molecule has 2 aromatic rings. The molecule has 0 aliphatic heterocycles. The third-order valence-corrected chi connectivity index (χ3v) is 3.12. The smallest absolute Gasteiger partial charge is 0.273 e. The van der Waals surface area contributed by atoms with Gasteiger partial charge in [-0.25, -0.2) is 15.3 Å². The maximum absolute atomic E-state index is 11.7. The Balaban J connectivity index is 1.93. The van der Waals surface area contributed by atoms with Gasteiger partial charge in [0.2, 0.25) is 5.91 Å². The molecular formula is C15H17N5O3. The van der Waals surface area contributed by atoms with E-state index in [0.717, 1.165) is 5.56 Å². The third-order valence-electron chi connectivity index (χ3n) is 3.12. The fourth-order valence-corrected chi connectivity index (χ4v) is 1.83. The van der Waals surface area contributed by atoms with Crippen molar-refractivity contribution >= 4 is 12.1 Å². The first kappa shape index (κ1) is 16.3. The van der Waals surface area contributed by atoms with E-state index in [9.17, 15) is 14.4 Å². The van der Waals surface area contributed by atoms with E-state index in [1.807, 2.05) is 29.2 Å². The minimum Gasteiger partial charge on any atom is -0.273 e. The third kappa shape index (κ3) is 4.73. The molecule has 8 nitrogen and oxygen atoms in total. The van der Waals surface area contributed by atoms with Gasteiger partial charge in [0.15, 0.2) is 0 Å². The topological polar surface area (TPSA) is 120 Å². The molecule has 0 aliphatic carbocycles. The van der Waals surface area contributed by atoms with Gasteiger partial charge in [0.25, 0.3) is 5.56 Å². The minimum atomic E-state index is -0.720. The van der Waals surface area contributed by atoms with E-state index in [2.05, 4.69) is 34.6 Å². The average molecular weight is 315 g/mol. The number of carbonyl (C=O) groups excluding carboxylic acids is 1. The molecule has 0 bridgehead atoms. The van der Waals surface area contributed by atoms with Crippen LogP contribution < -0.4 is 16.7 Å². The monoisotopic (exact) mass is 315 g/mol. The summed E-state index contributed by atoms with van der Waals surface area (Å²) in [5.74, 6) is -0.0614. The van der Waals surface area contributed by atoms with E-state index in [1.165, 1.54) is 11.8 Å². The summed E-state index contributed by atoms with van der Waals surface area (Å²) in [6, 6.07) is 7.80. The number of benzene rings is 1. The lowest BCUT2D eigenvalue weighted by molar-refractivity contribution is -0.120. The van der Waals surface area contributed by atoms with Gasteiger partial charge in [-0.2, -0.15) is 10.2 Å². The van der Waals surface area contributed by atoms with Gasteiger partial charge in [-0.05, 0) is 17.0 Å². The SMILES string of the molecule is CC(C)c1ccc(/C=N/NC(=O)Cc2n[nH]c(=O)[nH]c2=O)cc1. The summed E-state index contributed by atoms with van der Waals surface area (Å²) in [6.07, 6.45) is 1.22. The van der Waals surface area contributed by atoms with E-state index in [-0.39, 0.29) is 12.1 Å². The van der Waals surface area contributed by atoms with Crippen LogP contribution in [-0.4, -0.2) is 27.3 Å². The minimum absolute atomic E-state index is 0.0846. The fourth-order valence-electron chi connectivity index (χ4n) is 1.83. The van der Waals surface area contributed by atoms with Crippen LogP contribution in [0.1, 0.15) is 36.6 Å². The molecule has 0 saturated carbocycles. The van der Waals surface area contributed by atoms with Gasteiger partial charge in [0, 0.05) is 0 Å². The summed E-state index contributed by atoms with van der Waals surface area (Å²) < 4.78 is 0. The number of carbonyl (C=O) groups is 1. The van der Waals surface area contributed by atoms with E-state index >= 15 is 0 Å². The summed E-state index contributed by atoms with van der Waals surface area (Å²) in [7, 11) is 0. The maximum atomic E-state index is 11.7. The molecule has 3 N–H and O–H groups in total. The van der Waals surface area contributed by atoms with Crippen LogP contribution in [0.2, 0.25) is 0 Å². The van der Waals surface area contributed by atoms with Crippen molar-refractivity contribution < 1.29 is 4.79 Å². The van der Waals surface area contributed by atoms with Crippen LogP contribution in [0.4, 0.5) is 0 Å². The highest BCUT2D eigenvalue weighted by Gasteiger charge is 2.08. The Labute approximate surface area is 131 Å². The van der Waals surface area contributed by atoms with Gasteiger partial charge < -0.3 is 0 Å². The average Bonchev–Trinajstić information content (AvgIpc) is 2.50. The van der Waals surface area contributed by atoms with Gasteiger partial charge in [0.1, 0.15) is 5.69 Å². The second-order valence-electron chi connectivity index (χ2n) is 5.24. The van der Waals surface area contributed by atoms with Crippen molar-refractivity contribution in [2.24, 2.45) is 5.10 Å². The molecule has 0 saturated heterocycles. The number of hydrogen-bond donors (Lipinski definition) is 3. The predicted molar refractivity (Wildman–Crippen MR) is 85.5 cm³/mol. The molecule has 8 heteroatoms. The lowest BCUT2D eigenvalue weighted by Crippen LogP contribution is -2.31. The van der Waals surface area contributed by atoms with E-state index in [1.54, 1.807) is 0 Å². The molecule has 23 heavy (non-hydrogen) atoms. The van der Waals surface area contributed by atoms with Crippen molar-refractivity contribution in [3.8, 4) is 0 Å². The first-order chi connectivity index (χ1) is 11.0. The van der Waals surface area contributed by atoms with Gasteiger partial charge in [0.05, 0.1) is 12.6 Å². The lowest BCUT2D eigenvalue weighted by Gasteiger charge is -2.04. The zero-order valence-electron chi connectivity index (χ0n) is 12.8. The zero-order valence-corrected chi connectivity index (χ0v) is 12.8. The van der Waals surface area contributed by atoms with Gasteiger partial charge >= 0.3 is 5.69 Å².